The van der Waals surface area contributed by atoms with Gasteiger partial charge in [0.2, 0.25) is 0 Å². The lowest BCUT2D eigenvalue weighted by Gasteiger charge is -2.24. The molecule has 0 saturated carbocycles. The van der Waals surface area contributed by atoms with Crippen molar-refractivity contribution < 1.29 is 27.8 Å². The summed E-state index contributed by atoms with van der Waals surface area (Å²) in [5.41, 5.74) is 7.90. The maximum Gasteiger partial charge on any atom is 0.424 e. The van der Waals surface area contributed by atoms with Crippen molar-refractivity contribution in [1.82, 2.24) is 15.4 Å². The van der Waals surface area contributed by atoms with Crippen LogP contribution >= 0.6 is 0 Å². The molecule has 0 bridgehead atoms. The number of amides is 2. The molecule has 2 fully saturated rings. The van der Waals surface area contributed by atoms with E-state index >= 15 is 0 Å². The number of benzene rings is 1. The number of carbonyl (C=O) groups excluding carboxylic acids is 2. The lowest BCUT2D eigenvalue weighted by Crippen LogP contribution is -2.43. The van der Waals surface area contributed by atoms with Crippen LogP contribution < -0.4 is 26.8 Å². The fourth-order valence-corrected chi connectivity index (χ4v) is 3.47. The number of cyclic esters (lactones) is 1. The number of methoxy groups -OCH3 is 1. The van der Waals surface area contributed by atoms with E-state index in [-0.39, 0.29) is 50.6 Å². The van der Waals surface area contributed by atoms with E-state index in [1.807, 2.05) is 0 Å². The first kappa shape index (κ1) is 22.4. The number of nitrogens with zero attached hydrogens (tertiary/aromatic N) is 4. The highest BCUT2D eigenvalue weighted by Gasteiger charge is 2.34. The first-order valence-corrected chi connectivity index (χ1v) is 9.55. The first-order chi connectivity index (χ1) is 14.8. The first-order valence-electron chi connectivity index (χ1n) is 9.55. The minimum atomic E-state index is -0.829. The van der Waals surface area contributed by atoms with Gasteiger partial charge in [-0.05, 0) is 0 Å². The van der Waals surface area contributed by atoms with Crippen molar-refractivity contribution >= 4 is 23.6 Å². The predicted molar refractivity (Wildman–Crippen MR) is 108 cm³/mol. The lowest BCUT2D eigenvalue weighted by molar-refractivity contribution is 0.106. The second-order valence-electron chi connectivity index (χ2n) is 6.93. The van der Waals surface area contributed by atoms with Crippen LogP contribution in [0, 0.1) is 11.6 Å². The summed E-state index contributed by atoms with van der Waals surface area (Å²) in [7, 11) is 1.25. The third kappa shape index (κ3) is 5.06. The highest BCUT2D eigenvalue weighted by Crippen LogP contribution is 2.31. The van der Waals surface area contributed by atoms with Crippen LogP contribution in [0.25, 0.3) is 0 Å². The molecular weight excluding hydrogens is 416 g/mol. The van der Waals surface area contributed by atoms with Crippen LogP contribution in [-0.2, 0) is 9.47 Å². The van der Waals surface area contributed by atoms with Crippen molar-refractivity contribution in [2.45, 2.75) is 6.10 Å². The Balaban J connectivity index is 1.73. The van der Waals surface area contributed by atoms with Gasteiger partial charge < -0.3 is 25.1 Å². The predicted octanol–water partition coefficient (Wildman–Crippen LogP) is 0.289. The topological polar surface area (TPSA) is 130 Å². The van der Waals surface area contributed by atoms with Gasteiger partial charge in [0, 0.05) is 44.2 Å². The number of rotatable bonds is 5. The fraction of sp³-hybridized carbons (Fsp3) is 0.444. The van der Waals surface area contributed by atoms with Crippen molar-refractivity contribution in [3.8, 4) is 0 Å². The SMILES string of the molecule is COC(=O)N1CCN(c2c(F)cc(N3CC(CN(N)C=CN)OC3=O)cc2F)CCN1. The zero-order chi connectivity index (χ0) is 22.5. The minimum absolute atomic E-state index is 0.0355. The molecule has 2 amide bonds. The molecule has 3 rings (SSSR count). The molecule has 2 saturated heterocycles. The minimum Gasteiger partial charge on any atom is -0.452 e. The third-order valence-electron chi connectivity index (χ3n) is 4.87. The highest BCUT2D eigenvalue weighted by atomic mass is 19.1. The molecule has 0 aromatic heterocycles. The fourth-order valence-electron chi connectivity index (χ4n) is 3.47. The molecule has 11 nitrogen and oxygen atoms in total. The average Bonchev–Trinajstić information content (AvgIpc) is 2.92. The maximum atomic E-state index is 14.9. The van der Waals surface area contributed by atoms with Crippen LogP contribution in [0.15, 0.2) is 24.5 Å². The summed E-state index contributed by atoms with van der Waals surface area (Å²) in [5, 5.41) is 2.49. The number of nitrogens with two attached hydrogens (primary N) is 2. The lowest BCUT2D eigenvalue weighted by atomic mass is 10.2. The maximum absolute atomic E-state index is 14.9. The third-order valence-corrected chi connectivity index (χ3v) is 4.87. The van der Waals surface area contributed by atoms with Gasteiger partial charge in [-0.1, -0.05) is 0 Å². The molecule has 2 heterocycles. The van der Waals surface area contributed by atoms with E-state index < -0.39 is 29.9 Å². The van der Waals surface area contributed by atoms with Crippen LogP contribution in [0.4, 0.5) is 29.7 Å². The van der Waals surface area contributed by atoms with Gasteiger partial charge in [0.05, 0.1) is 32.4 Å². The van der Waals surface area contributed by atoms with Gasteiger partial charge in [0.25, 0.3) is 0 Å². The molecule has 0 radical (unpaired) electrons. The van der Waals surface area contributed by atoms with E-state index in [4.69, 9.17) is 16.3 Å². The number of anilines is 2. The van der Waals surface area contributed by atoms with Crippen molar-refractivity contribution in [1.29, 1.82) is 0 Å². The molecule has 31 heavy (non-hydrogen) atoms. The van der Waals surface area contributed by atoms with Gasteiger partial charge in [-0.3, -0.25) is 4.90 Å². The number of hydrogen-bond donors (Lipinski definition) is 3. The molecule has 0 spiro atoms. The van der Waals surface area contributed by atoms with Gasteiger partial charge in [0.15, 0.2) is 11.6 Å². The molecule has 0 aliphatic carbocycles. The van der Waals surface area contributed by atoms with Crippen LogP contribution in [0.1, 0.15) is 0 Å². The summed E-state index contributed by atoms with van der Waals surface area (Å²) < 4.78 is 39.7. The number of carbonyl (C=O) groups is 2. The number of nitrogens with one attached hydrogen (secondary N) is 1. The summed E-state index contributed by atoms with van der Waals surface area (Å²) in [6, 6.07) is 2.16. The van der Waals surface area contributed by atoms with Gasteiger partial charge in [-0.25, -0.2) is 34.6 Å². The number of halogens is 2. The largest absolute Gasteiger partial charge is 0.452 e. The summed E-state index contributed by atoms with van der Waals surface area (Å²) in [6.45, 7) is 1.13. The molecule has 5 N–H and O–H groups in total. The Hall–Kier alpha value is -3.32. The van der Waals surface area contributed by atoms with Crippen LogP contribution in [-0.4, -0.2) is 74.7 Å². The molecule has 2 aliphatic heterocycles. The van der Waals surface area contributed by atoms with E-state index in [0.717, 1.165) is 17.0 Å². The number of hydrogen-bond acceptors (Lipinski definition) is 9. The summed E-state index contributed by atoms with van der Waals surface area (Å²) in [5.74, 6) is 4.03. The molecule has 2 aliphatic rings. The highest BCUT2D eigenvalue weighted by molar-refractivity contribution is 5.90. The molecular formula is C18H25F2N7O4. The van der Waals surface area contributed by atoms with Crippen LogP contribution in [0.3, 0.4) is 0 Å². The van der Waals surface area contributed by atoms with Gasteiger partial charge in [0.1, 0.15) is 11.8 Å². The normalized spacial score (nSPS) is 19.5. The van der Waals surface area contributed by atoms with E-state index in [1.165, 1.54) is 34.4 Å². The van der Waals surface area contributed by atoms with Crippen molar-refractivity contribution in [3.05, 3.63) is 36.2 Å². The Labute approximate surface area is 177 Å². The molecule has 1 atom stereocenters. The van der Waals surface area contributed by atoms with Crippen LogP contribution in [0.2, 0.25) is 0 Å². The molecule has 1 aromatic carbocycles. The van der Waals surface area contributed by atoms with E-state index in [9.17, 15) is 18.4 Å². The smallest absolute Gasteiger partial charge is 0.424 e. The summed E-state index contributed by atoms with van der Waals surface area (Å²) >= 11 is 0. The number of hydrazine groups is 2. The second-order valence-corrected chi connectivity index (χ2v) is 6.93. The number of ether oxygens (including phenoxy) is 2. The Bertz CT molecular complexity index is 833. The van der Waals surface area contributed by atoms with Crippen molar-refractivity contribution in [3.63, 3.8) is 0 Å². The van der Waals surface area contributed by atoms with Gasteiger partial charge in [-0.2, -0.15) is 0 Å². The van der Waals surface area contributed by atoms with Crippen molar-refractivity contribution in [2.75, 3.05) is 56.2 Å². The Morgan fingerprint density at radius 3 is 2.71 bits per heavy atom. The average molecular weight is 441 g/mol. The van der Waals surface area contributed by atoms with E-state index in [0.29, 0.717) is 0 Å². The summed E-state index contributed by atoms with van der Waals surface area (Å²) in [6.07, 6.45) is 0.732. The van der Waals surface area contributed by atoms with E-state index in [2.05, 4.69) is 10.2 Å². The Morgan fingerprint density at radius 2 is 2.06 bits per heavy atom. The van der Waals surface area contributed by atoms with Crippen LogP contribution in [0.5, 0.6) is 0 Å². The zero-order valence-electron chi connectivity index (χ0n) is 17.0. The quantitative estimate of drug-likeness (QED) is 0.436. The monoisotopic (exact) mass is 441 g/mol. The molecule has 1 unspecified atom stereocenters. The standard InChI is InChI=1S/C18H25F2N7O4/c1-30-18(29)27-7-6-24(5-3-23-27)16-14(19)8-12(9-15(16)20)26-11-13(31-17(26)28)10-25(22)4-2-21/h2,4,8-9,13,23H,3,5-7,10-11,21-22H2,1H3. The van der Waals surface area contributed by atoms with Gasteiger partial charge >= 0.3 is 12.2 Å². The Kier molecular flexibility index (Phi) is 6.97. The second kappa shape index (κ2) is 9.66. The zero-order valence-corrected chi connectivity index (χ0v) is 17.0. The molecule has 170 valence electrons. The van der Waals surface area contributed by atoms with Crippen molar-refractivity contribution in [2.24, 2.45) is 11.6 Å². The molecule has 13 heteroatoms. The van der Waals surface area contributed by atoms with Gasteiger partial charge in [-0.15, -0.1) is 0 Å². The summed E-state index contributed by atoms with van der Waals surface area (Å²) in [4.78, 5) is 26.5. The Morgan fingerprint density at radius 1 is 1.35 bits per heavy atom. The van der Waals surface area contributed by atoms with E-state index in [1.54, 1.807) is 0 Å². The molecule has 1 aromatic rings.